The first-order valence-electron chi connectivity index (χ1n) is 12.5. The fourth-order valence-electron chi connectivity index (χ4n) is 4.55. The molecule has 1 aromatic heterocycles. The Labute approximate surface area is 232 Å². The topological polar surface area (TPSA) is 125 Å². The summed E-state index contributed by atoms with van der Waals surface area (Å²) in [6.45, 7) is 1.31. The maximum Gasteiger partial charge on any atom is 0.238 e. The molecule has 3 N–H and O–H groups in total. The Hall–Kier alpha value is -2.99. The van der Waals surface area contributed by atoms with Crippen LogP contribution in [0.5, 0.6) is 0 Å². The number of methoxy groups -OCH3 is 1. The normalized spacial score (nSPS) is 16.2. The lowest BCUT2D eigenvalue weighted by Gasteiger charge is -2.35. The Morgan fingerprint density at radius 3 is 2.41 bits per heavy atom. The number of aliphatic hydroxyl groups excluding tert-OH is 1. The number of sulfonamides is 1. The van der Waals surface area contributed by atoms with Crippen LogP contribution in [-0.4, -0.2) is 43.8 Å². The highest BCUT2D eigenvalue weighted by Crippen LogP contribution is 2.42. The number of nitrogens with zero attached hydrogens (tertiary/aromatic N) is 1. The molecule has 1 aliphatic heterocycles. The van der Waals surface area contributed by atoms with Crippen LogP contribution in [0.4, 0.5) is 0 Å². The molecular formula is C29H30N2O6S2. The Morgan fingerprint density at radius 2 is 1.74 bits per heavy atom. The molecule has 39 heavy (non-hydrogen) atoms. The highest BCUT2D eigenvalue weighted by Gasteiger charge is 2.34. The van der Waals surface area contributed by atoms with Gasteiger partial charge in [0.05, 0.1) is 30.6 Å². The first-order valence-corrected chi connectivity index (χ1v) is 14.9. The largest absolute Gasteiger partial charge is 0.440 e. The van der Waals surface area contributed by atoms with Crippen molar-refractivity contribution in [2.45, 2.75) is 40.1 Å². The summed E-state index contributed by atoms with van der Waals surface area (Å²) in [5.41, 5.74) is 2.84. The third-order valence-corrected chi connectivity index (χ3v) is 9.07. The van der Waals surface area contributed by atoms with E-state index in [-0.39, 0.29) is 16.2 Å². The molecule has 1 atom stereocenters. The smallest absolute Gasteiger partial charge is 0.238 e. The van der Waals surface area contributed by atoms with Crippen molar-refractivity contribution >= 4 is 21.8 Å². The van der Waals surface area contributed by atoms with Crippen molar-refractivity contribution in [2.24, 2.45) is 5.14 Å². The van der Waals surface area contributed by atoms with Gasteiger partial charge in [0.1, 0.15) is 10.6 Å². The summed E-state index contributed by atoms with van der Waals surface area (Å²) in [4.78, 5) is 5.39. The average molecular weight is 567 g/mol. The van der Waals surface area contributed by atoms with E-state index in [2.05, 4.69) is 0 Å². The summed E-state index contributed by atoms with van der Waals surface area (Å²) < 4.78 is 40.9. The number of nitrogens with two attached hydrogens (primary N) is 1. The highest BCUT2D eigenvalue weighted by atomic mass is 32.2. The van der Waals surface area contributed by atoms with Crippen molar-refractivity contribution in [3.63, 3.8) is 0 Å². The molecule has 1 saturated heterocycles. The molecule has 0 spiro atoms. The zero-order chi connectivity index (χ0) is 27.5. The second-order valence-electron chi connectivity index (χ2n) is 9.34. The van der Waals surface area contributed by atoms with Gasteiger partial charge in [-0.25, -0.2) is 18.5 Å². The molecule has 3 aromatic carbocycles. The fraction of sp³-hybridized carbons (Fsp3) is 0.276. The van der Waals surface area contributed by atoms with E-state index in [4.69, 9.17) is 24.0 Å². The summed E-state index contributed by atoms with van der Waals surface area (Å²) in [5.74, 6) is 0.845. The van der Waals surface area contributed by atoms with E-state index < -0.39 is 16.1 Å². The highest BCUT2D eigenvalue weighted by molar-refractivity contribution is 8.00. The first kappa shape index (κ1) is 27.6. The van der Waals surface area contributed by atoms with E-state index in [0.717, 1.165) is 28.9 Å². The van der Waals surface area contributed by atoms with Crippen LogP contribution in [0.15, 0.2) is 93.1 Å². The molecule has 5 rings (SSSR count). The number of thioether (sulfide) groups is 1. The van der Waals surface area contributed by atoms with Gasteiger partial charge < -0.3 is 19.0 Å². The van der Waals surface area contributed by atoms with Gasteiger partial charge >= 0.3 is 0 Å². The molecule has 1 unspecified atom stereocenters. The fourth-order valence-corrected chi connectivity index (χ4v) is 6.29. The lowest BCUT2D eigenvalue weighted by atomic mass is 10.1. The van der Waals surface area contributed by atoms with Gasteiger partial charge in [-0.2, -0.15) is 0 Å². The number of hydrogen-bond acceptors (Lipinski definition) is 8. The molecule has 204 valence electrons. The molecule has 0 amide bonds. The lowest BCUT2D eigenvalue weighted by molar-refractivity contribution is -0.0314. The van der Waals surface area contributed by atoms with Crippen LogP contribution in [0.25, 0.3) is 22.6 Å². The van der Waals surface area contributed by atoms with Crippen LogP contribution >= 0.6 is 11.8 Å². The van der Waals surface area contributed by atoms with E-state index in [1.54, 1.807) is 31.0 Å². The number of benzene rings is 3. The summed E-state index contributed by atoms with van der Waals surface area (Å²) in [5, 5.41) is 16.4. The average Bonchev–Trinajstić information content (AvgIpc) is 3.37. The quantitative estimate of drug-likeness (QED) is 0.266. The van der Waals surface area contributed by atoms with Crippen molar-refractivity contribution in [2.75, 3.05) is 20.3 Å². The van der Waals surface area contributed by atoms with Crippen LogP contribution in [0.2, 0.25) is 0 Å². The maximum atomic E-state index is 11.7. The van der Waals surface area contributed by atoms with E-state index in [0.29, 0.717) is 36.1 Å². The zero-order valence-electron chi connectivity index (χ0n) is 21.4. The number of hydrogen-bond donors (Lipinski definition) is 2. The number of rotatable bonds is 9. The molecule has 4 aromatic rings. The first-order chi connectivity index (χ1) is 18.8. The lowest BCUT2D eigenvalue weighted by Crippen LogP contribution is -2.34. The SMILES string of the molecule is COC1(Sc2cccc(C(O)Cc3nc(-c4ccccc4)c(-c4ccc(S(N)(=O)=O)cc4)o3)c2)CCOCC1. The Bertz CT molecular complexity index is 1520. The van der Waals surface area contributed by atoms with Crippen LogP contribution in [0.3, 0.4) is 0 Å². The summed E-state index contributed by atoms with van der Waals surface area (Å²) in [7, 11) is -2.09. The van der Waals surface area contributed by atoms with E-state index in [1.807, 2.05) is 54.6 Å². The van der Waals surface area contributed by atoms with Crippen LogP contribution in [-0.2, 0) is 25.9 Å². The molecule has 0 bridgehead atoms. The third kappa shape index (κ3) is 6.43. The minimum Gasteiger partial charge on any atom is -0.440 e. The van der Waals surface area contributed by atoms with Crippen molar-refractivity contribution in [3.05, 3.63) is 90.3 Å². The van der Waals surface area contributed by atoms with Gasteiger partial charge in [-0.3, -0.25) is 0 Å². The number of oxazole rings is 1. The van der Waals surface area contributed by atoms with Gasteiger partial charge in [0, 0.05) is 36.0 Å². The molecule has 1 aliphatic rings. The minimum atomic E-state index is -3.82. The van der Waals surface area contributed by atoms with E-state index in [9.17, 15) is 13.5 Å². The number of aromatic nitrogens is 1. The molecule has 8 nitrogen and oxygen atoms in total. The second-order valence-corrected chi connectivity index (χ2v) is 12.3. The molecule has 10 heteroatoms. The predicted octanol–water partition coefficient (Wildman–Crippen LogP) is 5.18. The summed E-state index contributed by atoms with van der Waals surface area (Å²) >= 11 is 1.65. The molecular weight excluding hydrogens is 536 g/mol. The van der Waals surface area contributed by atoms with Crippen LogP contribution in [0, 0.1) is 0 Å². The maximum absolute atomic E-state index is 11.7. The molecule has 0 radical (unpaired) electrons. The van der Waals surface area contributed by atoms with Gasteiger partial charge in [0.25, 0.3) is 0 Å². The number of aliphatic hydroxyl groups is 1. The Balaban J connectivity index is 1.41. The van der Waals surface area contributed by atoms with Crippen molar-refractivity contribution in [1.82, 2.24) is 4.98 Å². The Morgan fingerprint density at radius 1 is 1.03 bits per heavy atom. The molecule has 0 aliphatic carbocycles. The molecule has 1 fully saturated rings. The summed E-state index contributed by atoms with van der Waals surface area (Å²) in [6, 6.07) is 23.5. The zero-order valence-corrected chi connectivity index (χ0v) is 23.1. The van der Waals surface area contributed by atoms with Crippen molar-refractivity contribution < 1.29 is 27.4 Å². The standard InChI is InChI=1S/C29H30N2O6S2/c1-35-29(14-16-36-17-15-29)38-23-9-5-8-22(18-23)25(32)19-26-31-27(20-6-3-2-4-7-20)28(37-26)21-10-12-24(13-11-21)39(30,33)34/h2-13,18,25,32H,14-17,19H2,1H3,(H2,30,33,34). The van der Waals surface area contributed by atoms with E-state index >= 15 is 0 Å². The summed E-state index contributed by atoms with van der Waals surface area (Å²) in [6.07, 6.45) is 0.895. The monoisotopic (exact) mass is 566 g/mol. The van der Waals surface area contributed by atoms with Gasteiger partial charge in [0.15, 0.2) is 11.7 Å². The van der Waals surface area contributed by atoms with Crippen molar-refractivity contribution in [3.8, 4) is 22.6 Å². The number of primary sulfonamides is 1. The van der Waals surface area contributed by atoms with E-state index in [1.165, 1.54) is 12.1 Å². The second kappa shape index (κ2) is 11.6. The van der Waals surface area contributed by atoms with Gasteiger partial charge in [-0.15, -0.1) is 0 Å². The van der Waals surface area contributed by atoms with Gasteiger partial charge in [-0.1, -0.05) is 54.2 Å². The third-order valence-electron chi connectivity index (χ3n) is 6.71. The predicted molar refractivity (Wildman–Crippen MR) is 150 cm³/mol. The van der Waals surface area contributed by atoms with Crippen LogP contribution < -0.4 is 5.14 Å². The van der Waals surface area contributed by atoms with Crippen LogP contribution in [0.1, 0.15) is 30.4 Å². The molecule has 0 saturated carbocycles. The van der Waals surface area contributed by atoms with Crippen molar-refractivity contribution in [1.29, 1.82) is 0 Å². The minimum absolute atomic E-state index is 0.0106. The van der Waals surface area contributed by atoms with Gasteiger partial charge in [-0.05, 0) is 42.0 Å². The van der Waals surface area contributed by atoms with Gasteiger partial charge in [0.2, 0.25) is 10.0 Å². The molecule has 2 heterocycles. The number of ether oxygens (including phenoxy) is 2. The Kier molecular flexibility index (Phi) is 8.22.